The van der Waals surface area contributed by atoms with Gasteiger partial charge in [0, 0.05) is 6.20 Å². The average molecular weight is 201 g/mol. The number of aromatic nitrogens is 2. The highest BCUT2D eigenvalue weighted by Crippen LogP contribution is 2.16. The molecule has 0 unspecified atom stereocenters. The van der Waals surface area contributed by atoms with Crippen molar-refractivity contribution in [2.75, 3.05) is 0 Å². The molecule has 0 aliphatic heterocycles. The summed E-state index contributed by atoms with van der Waals surface area (Å²) in [4.78, 5) is 10.9. The van der Waals surface area contributed by atoms with Crippen molar-refractivity contribution in [3.63, 3.8) is 0 Å². The Bertz CT molecular complexity index is 566. The Morgan fingerprint density at radius 2 is 2.47 bits per heavy atom. The van der Waals surface area contributed by atoms with Gasteiger partial charge in [-0.25, -0.2) is 9.31 Å². The molecule has 2 rings (SSSR count). The van der Waals surface area contributed by atoms with Crippen LogP contribution in [0.2, 0.25) is 0 Å². The summed E-state index contributed by atoms with van der Waals surface area (Å²) in [6.07, 6.45) is 3.12. The van der Waals surface area contributed by atoms with E-state index in [0.717, 1.165) is 0 Å². The molecule has 0 saturated heterocycles. The topological polar surface area (TPSA) is 78.4 Å². The van der Waals surface area contributed by atoms with E-state index in [4.69, 9.17) is 10.4 Å². The molecule has 2 heterocycles. The second-order valence-corrected chi connectivity index (χ2v) is 3.02. The minimum absolute atomic E-state index is 0.126. The van der Waals surface area contributed by atoms with Gasteiger partial charge in [0.15, 0.2) is 0 Å². The van der Waals surface area contributed by atoms with Gasteiger partial charge in [-0.15, -0.1) is 0 Å². The molecular formula is C10H7N3O2. The Balaban J connectivity index is 2.75. The summed E-state index contributed by atoms with van der Waals surface area (Å²) in [5, 5.41) is 21.5. The van der Waals surface area contributed by atoms with Gasteiger partial charge in [0.2, 0.25) is 0 Å². The van der Waals surface area contributed by atoms with E-state index in [-0.39, 0.29) is 12.0 Å². The summed E-state index contributed by atoms with van der Waals surface area (Å²) in [6, 6.07) is 5.46. The Labute approximate surface area is 85.2 Å². The number of nitrogens with zero attached hydrogens (tertiary/aromatic N) is 3. The molecule has 0 aliphatic carbocycles. The smallest absolute Gasteiger partial charge is 0.339 e. The van der Waals surface area contributed by atoms with Crippen molar-refractivity contribution in [2.24, 2.45) is 0 Å². The summed E-state index contributed by atoms with van der Waals surface area (Å²) in [5.41, 5.74) is 1.29. The molecule has 0 bridgehead atoms. The van der Waals surface area contributed by atoms with E-state index >= 15 is 0 Å². The third-order valence-corrected chi connectivity index (χ3v) is 2.12. The van der Waals surface area contributed by atoms with E-state index in [1.807, 2.05) is 6.07 Å². The minimum atomic E-state index is -1.03. The van der Waals surface area contributed by atoms with Gasteiger partial charge in [-0.05, 0) is 11.6 Å². The fourth-order valence-corrected chi connectivity index (χ4v) is 1.50. The molecule has 0 amide bonds. The van der Waals surface area contributed by atoms with Gasteiger partial charge in [0.25, 0.3) is 0 Å². The molecule has 0 fully saturated rings. The van der Waals surface area contributed by atoms with Gasteiger partial charge in [0.1, 0.15) is 5.56 Å². The van der Waals surface area contributed by atoms with E-state index in [1.165, 1.54) is 10.7 Å². The normalized spacial score (nSPS) is 10.1. The maximum atomic E-state index is 10.9. The van der Waals surface area contributed by atoms with Crippen LogP contribution in [0.4, 0.5) is 0 Å². The minimum Gasteiger partial charge on any atom is -0.478 e. The summed E-state index contributed by atoms with van der Waals surface area (Å²) in [7, 11) is 0. The highest BCUT2D eigenvalue weighted by atomic mass is 16.4. The van der Waals surface area contributed by atoms with Crippen molar-refractivity contribution < 1.29 is 9.90 Å². The number of hydrogen-bond donors (Lipinski definition) is 1. The lowest BCUT2D eigenvalue weighted by molar-refractivity contribution is 0.0699. The number of pyridine rings is 1. The number of carboxylic acids is 1. The Hall–Kier alpha value is -2.35. The monoisotopic (exact) mass is 201 g/mol. The van der Waals surface area contributed by atoms with Crippen molar-refractivity contribution in [2.45, 2.75) is 6.42 Å². The lowest BCUT2D eigenvalue weighted by Gasteiger charge is -1.99. The zero-order valence-corrected chi connectivity index (χ0v) is 7.71. The van der Waals surface area contributed by atoms with Gasteiger partial charge in [-0.2, -0.15) is 10.4 Å². The van der Waals surface area contributed by atoms with E-state index in [9.17, 15) is 4.79 Å². The number of nitriles is 1. The van der Waals surface area contributed by atoms with Crippen LogP contribution in [0.3, 0.4) is 0 Å². The van der Waals surface area contributed by atoms with Gasteiger partial charge >= 0.3 is 5.97 Å². The molecule has 15 heavy (non-hydrogen) atoms. The second kappa shape index (κ2) is 3.42. The number of hydrogen-bond acceptors (Lipinski definition) is 3. The maximum Gasteiger partial charge on any atom is 0.339 e. The molecule has 0 spiro atoms. The average Bonchev–Trinajstić information content (AvgIpc) is 2.62. The van der Waals surface area contributed by atoms with Gasteiger partial charge < -0.3 is 5.11 Å². The third-order valence-electron chi connectivity index (χ3n) is 2.12. The molecule has 0 saturated carbocycles. The zero-order valence-electron chi connectivity index (χ0n) is 7.71. The summed E-state index contributed by atoms with van der Waals surface area (Å²) in [6.45, 7) is 0. The van der Waals surface area contributed by atoms with Gasteiger partial charge in [-0.3, -0.25) is 0 Å². The first-order valence-corrected chi connectivity index (χ1v) is 4.29. The van der Waals surface area contributed by atoms with Crippen LogP contribution in [0.25, 0.3) is 5.52 Å². The number of fused-ring (bicyclic) bond motifs is 1. The van der Waals surface area contributed by atoms with Crippen LogP contribution < -0.4 is 0 Å². The first-order valence-electron chi connectivity index (χ1n) is 4.29. The summed E-state index contributed by atoms with van der Waals surface area (Å²) >= 11 is 0. The maximum absolute atomic E-state index is 10.9. The quantitative estimate of drug-likeness (QED) is 0.789. The van der Waals surface area contributed by atoms with Crippen molar-refractivity contribution in [3.05, 3.63) is 35.7 Å². The number of carbonyl (C=O) groups is 1. The van der Waals surface area contributed by atoms with E-state index in [0.29, 0.717) is 11.1 Å². The van der Waals surface area contributed by atoms with E-state index in [1.54, 1.807) is 18.3 Å². The first kappa shape index (κ1) is 9.21. The molecule has 74 valence electrons. The van der Waals surface area contributed by atoms with Crippen molar-refractivity contribution in [3.8, 4) is 6.07 Å². The fraction of sp³-hybridized carbons (Fsp3) is 0.100. The molecule has 0 atom stereocenters. The molecule has 0 radical (unpaired) electrons. The van der Waals surface area contributed by atoms with Crippen molar-refractivity contribution in [1.29, 1.82) is 5.26 Å². The SMILES string of the molecule is N#CCc1cccn2ncc(C(=O)O)c12. The Morgan fingerprint density at radius 3 is 3.13 bits per heavy atom. The van der Waals surface area contributed by atoms with Crippen LogP contribution in [0.5, 0.6) is 0 Å². The zero-order chi connectivity index (χ0) is 10.8. The molecule has 2 aromatic heterocycles. The van der Waals surface area contributed by atoms with Crippen molar-refractivity contribution >= 4 is 11.5 Å². The van der Waals surface area contributed by atoms with Crippen LogP contribution in [-0.4, -0.2) is 20.7 Å². The molecule has 0 aromatic carbocycles. The van der Waals surface area contributed by atoms with Crippen LogP contribution in [0.15, 0.2) is 24.5 Å². The molecule has 2 aromatic rings. The third kappa shape index (κ3) is 1.42. The lowest BCUT2D eigenvalue weighted by atomic mass is 10.1. The molecule has 0 aliphatic rings. The van der Waals surface area contributed by atoms with Crippen LogP contribution >= 0.6 is 0 Å². The Morgan fingerprint density at radius 1 is 1.67 bits per heavy atom. The number of aromatic carboxylic acids is 1. The summed E-state index contributed by atoms with van der Waals surface area (Å²) in [5.74, 6) is -1.03. The lowest BCUT2D eigenvalue weighted by Crippen LogP contribution is -1.98. The van der Waals surface area contributed by atoms with Gasteiger partial charge in [-0.1, -0.05) is 6.07 Å². The van der Waals surface area contributed by atoms with E-state index < -0.39 is 5.97 Å². The fourth-order valence-electron chi connectivity index (χ4n) is 1.50. The molecular weight excluding hydrogens is 194 g/mol. The van der Waals surface area contributed by atoms with Crippen LogP contribution in [-0.2, 0) is 6.42 Å². The standard InChI is InChI=1S/C10H7N3O2/c11-4-3-7-2-1-5-13-9(7)8(6-12-13)10(14)15/h1-2,5-6H,3H2,(H,14,15). The highest BCUT2D eigenvalue weighted by Gasteiger charge is 2.13. The highest BCUT2D eigenvalue weighted by molar-refractivity contribution is 5.96. The first-order chi connectivity index (χ1) is 7.24. The number of carboxylic acid groups (broad SMARTS) is 1. The van der Waals surface area contributed by atoms with E-state index in [2.05, 4.69) is 5.10 Å². The van der Waals surface area contributed by atoms with Crippen LogP contribution in [0, 0.1) is 11.3 Å². The van der Waals surface area contributed by atoms with Crippen LogP contribution in [0.1, 0.15) is 15.9 Å². The second-order valence-electron chi connectivity index (χ2n) is 3.02. The van der Waals surface area contributed by atoms with Gasteiger partial charge in [0.05, 0.1) is 24.2 Å². The summed E-state index contributed by atoms with van der Waals surface area (Å²) < 4.78 is 1.47. The predicted molar refractivity (Wildman–Crippen MR) is 51.5 cm³/mol. The Kier molecular flexibility index (Phi) is 2.10. The molecule has 5 nitrogen and oxygen atoms in total. The molecule has 1 N–H and O–H groups in total. The molecule has 5 heteroatoms. The largest absolute Gasteiger partial charge is 0.478 e. The number of rotatable bonds is 2. The predicted octanol–water partition coefficient (Wildman–Crippen LogP) is 1.10. The van der Waals surface area contributed by atoms with Crippen molar-refractivity contribution in [1.82, 2.24) is 9.61 Å².